The number of rotatable bonds is 2. The maximum Gasteiger partial charge on any atom is 0.306 e. The predicted octanol–water partition coefficient (Wildman–Crippen LogP) is -0.915. The molecule has 0 aromatic heterocycles. The summed E-state index contributed by atoms with van der Waals surface area (Å²) in [5, 5.41) is 9.30. The zero-order valence-electron chi connectivity index (χ0n) is 6.04. The van der Waals surface area contributed by atoms with Crippen LogP contribution in [0.5, 0.6) is 0 Å². The summed E-state index contributed by atoms with van der Waals surface area (Å²) in [6.45, 7) is 2.47. The van der Waals surface area contributed by atoms with Gasteiger partial charge in [0.2, 0.25) is 0 Å². The Morgan fingerprint density at radius 3 is 3.00 bits per heavy atom. The van der Waals surface area contributed by atoms with E-state index in [9.17, 15) is 9.90 Å². The van der Waals surface area contributed by atoms with Crippen LogP contribution in [-0.4, -0.2) is 32.9 Å². The number of hydrogen-bond acceptors (Lipinski definition) is 3. The summed E-state index contributed by atoms with van der Waals surface area (Å²) in [5.41, 5.74) is -0.230. The molecule has 0 aliphatic carbocycles. The smallest absolute Gasteiger partial charge is 0.306 e. The highest BCUT2D eigenvalue weighted by Crippen LogP contribution is 2.16. The molecular formula is C6H12O3Si. The number of cyclic esters (lactones) is 1. The zero-order valence-corrected chi connectivity index (χ0v) is 7.45. The highest BCUT2D eigenvalue weighted by molar-refractivity contribution is 6.35. The van der Waals surface area contributed by atoms with Gasteiger partial charge in [-0.2, -0.15) is 0 Å². The highest BCUT2D eigenvalue weighted by atomic mass is 28.2. The third kappa shape index (κ3) is 1.57. The van der Waals surface area contributed by atoms with Crippen molar-refractivity contribution in [3.8, 4) is 0 Å². The maximum atomic E-state index is 10.6. The Labute approximate surface area is 62.2 Å². The van der Waals surface area contributed by atoms with E-state index in [2.05, 4.69) is 0 Å². The van der Waals surface area contributed by atoms with Gasteiger partial charge in [0.05, 0.1) is 22.5 Å². The Morgan fingerprint density at radius 2 is 2.60 bits per heavy atom. The molecule has 0 spiro atoms. The number of carbonyl (C=O) groups excluding carboxylic acids is 1. The van der Waals surface area contributed by atoms with E-state index < -0.39 is 9.52 Å². The third-order valence-electron chi connectivity index (χ3n) is 1.85. The normalized spacial score (nSPS) is 29.4. The molecular weight excluding hydrogens is 148 g/mol. The second-order valence-electron chi connectivity index (χ2n) is 2.62. The van der Waals surface area contributed by atoms with Crippen molar-refractivity contribution in [1.29, 1.82) is 0 Å². The second-order valence-corrected chi connectivity index (χ2v) is 4.28. The summed E-state index contributed by atoms with van der Waals surface area (Å²) >= 11 is 0. The van der Waals surface area contributed by atoms with Gasteiger partial charge in [0.1, 0.15) is 0 Å². The van der Waals surface area contributed by atoms with Crippen molar-refractivity contribution in [1.82, 2.24) is 0 Å². The predicted molar refractivity (Wildman–Crippen MR) is 39.5 cm³/mol. The fourth-order valence-corrected chi connectivity index (χ4v) is 2.08. The summed E-state index contributed by atoms with van der Waals surface area (Å²) in [7, 11) is -0.390. The van der Waals surface area contributed by atoms with Crippen molar-refractivity contribution in [3.05, 3.63) is 0 Å². The van der Waals surface area contributed by atoms with Gasteiger partial charge in [-0.3, -0.25) is 4.79 Å². The average molecular weight is 160 g/mol. The van der Waals surface area contributed by atoms with Crippen molar-refractivity contribution in [2.45, 2.75) is 18.7 Å². The number of hydrogen-bond donors (Lipinski definition) is 1. The molecule has 3 nitrogen and oxygen atoms in total. The minimum Gasteiger partial charge on any atom is -0.465 e. The van der Waals surface area contributed by atoms with Crippen molar-refractivity contribution in [2.24, 2.45) is 5.92 Å². The second kappa shape index (κ2) is 3.16. The van der Waals surface area contributed by atoms with E-state index in [1.54, 1.807) is 0 Å². The molecule has 0 saturated carbocycles. The molecule has 0 amide bonds. The van der Waals surface area contributed by atoms with Crippen LogP contribution in [0.3, 0.4) is 0 Å². The standard InChI is InChI=1S/C6H12O3Si/c1-10-6(8)4-2-5(7)9-3-4/h4,6,8H,2-3,10H2,1H3. The highest BCUT2D eigenvalue weighted by Gasteiger charge is 2.28. The fourth-order valence-electron chi connectivity index (χ4n) is 1.11. The van der Waals surface area contributed by atoms with Crippen LogP contribution in [0.4, 0.5) is 0 Å². The van der Waals surface area contributed by atoms with Crippen LogP contribution in [0.2, 0.25) is 6.55 Å². The molecule has 1 fully saturated rings. The molecule has 1 aliphatic heterocycles. The van der Waals surface area contributed by atoms with E-state index in [4.69, 9.17) is 4.74 Å². The zero-order chi connectivity index (χ0) is 7.56. The lowest BCUT2D eigenvalue weighted by Crippen LogP contribution is -2.25. The summed E-state index contributed by atoms with van der Waals surface area (Å²) < 4.78 is 4.71. The Kier molecular flexibility index (Phi) is 2.45. The summed E-state index contributed by atoms with van der Waals surface area (Å²) in [6, 6.07) is 0. The molecule has 2 atom stereocenters. The first-order valence-electron chi connectivity index (χ1n) is 3.57. The molecule has 2 unspecified atom stereocenters. The Morgan fingerprint density at radius 1 is 1.90 bits per heavy atom. The van der Waals surface area contributed by atoms with Crippen LogP contribution in [0, 0.1) is 5.92 Å². The molecule has 4 heteroatoms. The summed E-state index contributed by atoms with van der Waals surface area (Å²) in [4.78, 5) is 10.6. The van der Waals surface area contributed by atoms with E-state index in [0.29, 0.717) is 13.0 Å². The van der Waals surface area contributed by atoms with Crippen molar-refractivity contribution >= 4 is 15.5 Å². The molecule has 0 aromatic carbocycles. The quantitative estimate of drug-likeness (QED) is 0.420. The van der Waals surface area contributed by atoms with Crippen molar-refractivity contribution in [2.75, 3.05) is 6.61 Å². The van der Waals surface area contributed by atoms with E-state index in [-0.39, 0.29) is 17.6 Å². The van der Waals surface area contributed by atoms with Crippen LogP contribution in [0.15, 0.2) is 0 Å². The average Bonchev–Trinajstić information content (AvgIpc) is 2.34. The maximum absolute atomic E-state index is 10.6. The van der Waals surface area contributed by atoms with Gasteiger partial charge in [0, 0.05) is 11.6 Å². The van der Waals surface area contributed by atoms with Gasteiger partial charge in [-0.05, 0) is 0 Å². The molecule has 0 radical (unpaired) electrons. The lowest BCUT2D eigenvalue weighted by Gasteiger charge is -2.11. The first-order chi connectivity index (χ1) is 4.74. The van der Waals surface area contributed by atoms with Crippen molar-refractivity contribution < 1.29 is 14.6 Å². The summed E-state index contributed by atoms with van der Waals surface area (Å²) in [6.07, 6.45) is 0.419. The molecule has 1 rings (SSSR count). The van der Waals surface area contributed by atoms with Gasteiger partial charge in [-0.25, -0.2) is 0 Å². The van der Waals surface area contributed by atoms with Crippen LogP contribution < -0.4 is 0 Å². The molecule has 58 valence electrons. The minimum atomic E-state index is -0.390. The number of aliphatic hydroxyl groups excluding tert-OH is 1. The lowest BCUT2D eigenvalue weighted by atomic mass is 10.1. The van der Waals surface area contributed by atoms with Crippen molar-refractivity contribution in [3.63, 3.8) is 0 Å². The molecule has 0 bridgehead atoms. The molecule has 10 heavy (non-hydrogen) atoms. The van der Waals surface area contributed by atoms with Gasteiger partial charge in [-0.1, -0.05) is 6.55 Å². The summed E-state index contributed by atoms with van der Waals surface area (Å²) in [5.74, 6) is -0.0596. The molecule has 0 aromatic rings. The monoisotopic (exact) mass is 160 g/mol. The van der Waals surface area contributed by atoms with E-state index in [0.717, 1.165) is 0 Å². The first-order valence-corrected chi connectivity index (χ1v) is 5.80. The molecule has 1 N–H and O–H groups in total. The Bertz CT molecular complexity index is 137. The number of ether oxygens (including phenoxy) is 1. The van der Waals surface area contributed by atoms with Gasteiger partial charge >= 0.3 is 5.97 Å². The van der Waals surface area contributed by atoms with E-state index >= 15 is 0 Å². The molecule has 1 saturated heterocycles. The van der Waals surface area contributed by atoms with Gasteiger partial charge in [0.25, 0.3) is 0 Å². The van der Waals surface area contributed by atoms with Gasteiger partial charge in [-0.15, -0.1) is 0 Å². The van der Waals surface area contributed by atoms with Crippen LogP contribution in [0.1, 0.15) is 6.42 Å². The Balaban J connectivity index is 2.36. The lowest BCUT2D eigenvalue weighted by molar-refractivity contribution is -0.137. The largest absolute Gasteiger partial charge is 0.465 e. The Hall–Kier alpha value is -0.353. The van der Waals surface area contributed by atoms with Gasteiger partial charge in [0.15, 0.2) is 0 Å². The fraction of sp³-hybridized carbons (Fsp3) is 0.833. The van der Waals surface area contributed by atoms with Crippen LogP contribution in [-0.2, 0) is 9.53 Å². The van der Waals surface area contributed by atoms with E-state index in [1.165, 1.54) is 0 Å². The SMILES string of the molecule is C[SiH2]C(O)C1COC(=O)C1. The minimum absolute atomic E-state index is 0.101. The molecule has 1 heterocycles. The van der Waals surface area contributed by atoms with Crippen LogP contribution in [0.25, 0.3) is 0 Å². The molecule has 1 aliphatic rings. The first kappa shape index (κ1) is 7.75. The number of aliphatic hydroxyl groups is 1. The number of esters is 1. The third-order valence-corrected chi connectivity index (χ3v) is 3.35. The van der Waals surface area contributed by atoms with Crippen LogP contribution >= 0.6 is 0 Å². The van der Waals surface area contributed by atoms with Gasteiger partial charge < -0.3 is 9.84 Å². The topological polar surface area (TPSA) is 46.5 Å². The van der Waals surface area contributed by atoms with E-state index in [1.807, 2.05) is 6.55 Å². The number of carbonyl (C=O) groups is 1.